The summed E-state index contributed by atoms with van der Waals surface area (Å²) in [6, 6.07) is 7.70. The van der Waals surface area contributed by atoms with Gasteiger partial charge in [-0.25, -0.2) is 4.98 Å². The summed E-state index contributed by atoms with van der Waals surface area (Å²) < 4.78 is 42.0. The zero-order chi connectivity index (χ0) is 18.3. The molecule has 0 spiro atoms. The summed E-state index contributed by atoms with van der Waals surface area (Å²) in [6.07, 6.45) is 5.14. The van der Waals surface area contributed by atoms with Gasteiger partial charge < -0.3 is 4.40 Å². The van der Waals surface area contributed by atoms with Crippen molar-refractivity contribution >= 4 is 5.65 Å². The number of hydrogen-bond donors (Lipinski definition) is 0. The molecule has 2 nitrogen and oxygen atoms in total. The molecule has 0 atom stereocenters. The van der Waals surface area contributed by atoms with E-state index in [1.807, 2.05) is 16.7 Å². The lowest BCUT2D eigenvalue weighted by Crippen LogP contribution is -2.08. The number of aromatic nitrogens is 2. The number of pyridine rings is 1. The van der Waals surface area contributed by atoms with E-state index in [2.05, 4.69) is 11.9 Å². The molecule has 0 aliphatic heterocycles. The van der Waals surface area contributed by atoms with Crippen LogP contribution in [0, 0.1) is 6.92 Å². The van der Waals surface area contributed by atoms with E-state index in [9.17, 15) is 13.2 Å². The Bertz CT molecular complexity index is 934. The first-order chi connectivity index (χ1) is 12.4. The van der Waals surface area contributed by atoms with E-state index >= 15 is 0 Å². The van der Waals surface area contributed by atoms with Crippen LogP contribution in [0.25, 0.3) is 16.9 Å². The number of aryl methyl sites for hydroxylation is 1. The highest BCUT2D eigenvalue weighted by Crippen LogP contribution is 2.39. The summed E-state index contributed by atoms with van der Waals surface area (Å²) in [5.41, 5.74) is 3.04. The van der Waals surface area contributed by atoms with Crippen LogP contribution in [-0.2, 0) is 6.18 Å². The number of imidazole rings is 1. The molecule has 2 heterocycles. The van der Waals surface area contributed by atoms with Gasteiger partial charge in [0.05, 0.1) is 11.3 Å². The molecule has 1 aliphatic rings. The average Bonchev–Trinajstić information content (AvgIpc) is 3.05. The molecule has 5 heteroatoms. The van der Waals surface area contributed by atoms with E-state index < -0.39 is 11.7 Å². The fourth-order valence-electron chi connectivity index (χ4n) is 4.14. The maximum Gasteiger partial charge on any atom is 0.417 e. The molecule has 0 unspecified atom stereocenters. The molecule has 3 aromatic rings. The Balaban J connectivity index is 1.87. The van der Waals surface area contributed by atoms with Crippen LogP contribution in [0.5, 0.6) is 0 Å². The molecule has 0 saturated heterocycles. The van der Waals surface area contributed by atoms with Gasteiger partial charge in [0.2, 0.25) is 0 Å². The number of alkyl halides is 3. The number of halogens is 3. The third kappa shape index (κ3) is 3.00. The van der Waals surface area contributed by atoms with Gasteiger partial charge in [0.25, 0.3) is 0 Å². The van der Waals surface area contributed by atoms with Gasteiger partial charge in [-0.15, -0.1) is 0 Å². The molecule has 0 radical (unpaired) electrons. The van der Waals surface area contributed by atoms with Crippen LogP contribution >= 0.6 is 0 Å². The number of hydrogen-bond acceptors (Lipinski definition) is 1. The maximum atomic E-state index is 13.4. The van der Waals surface area contributed by atoms with Crippen molar-refractivity contribution in [3.8, 4) is 11.3 Å². The monoisotopic (exact) mass is 358 g/mol. The zero-order valence-electron chi connectivity index (χ0n) is 14.7. The Hall–Kier alpha value is -2.30. The zero-order valence-corrected chi connectivity index (χ0v) is 14.7. The van der Waals surface area contributed by atoms with Gasteiger partial charge in [-0.05, 0) is 43.4 Å². The maximum absolute atomic E-state index is 13.4. The predicted molar refractivity (Wildman–Crippen MR) is 96.2 cm³/mol. The summed E-state index contributed by atoms with van der Waals surface area (Å²) in [4.78, 5) is 4.66. The quantitative estimate of drug-likeness (QED) is 0.520. The van der Waals surface area contributed by atoms with Crippen LogP contribution in [0.2, 0.25) is 0 Å². The summed E-state index contributed by atoms with van der Waals surface area (Å²) >= 11 is 0. The first kappa shape index (κ1) is 17.1. The molecule has 136 valence electrons. The summed E-state index contributed by atoms with van der Waals surface area (Å²) in [7, 11) is 0. The minimum Gasteiger partial charge on any atom is -0.306 e. The second kappa shape index (κ2) is 6.45. The van der Waals surface area contributed by atoms with Gasteiger partial charge in [0, 0.05) is 23.5 Å². The number of rotatable bonds is 2. The predicted octanol–water partition coefficient (Wildman–Crippen LogP) is 6.38. The number of benzene rings is 1. The summed E-state index contributed by atoms with van der Waals surface area (Å²) in [5.74, 6) is 0.445. The highest BCUT2D eigenvalue weighted by atomic mass is 19.4. The van der Waals surface area contributed by atoms with E-state index in [1.54, 1.807) is 12.3 Å². The van der Waals surface area contributed by atoms with E-state index in [4.69, 9.17) is 0 Å². The Labute approximate surface area is 150 Å². The molecule has 4 rings (SSSR count). The fraction of sp³-hybridized carbons (Fsp3) is 0.381. The first-order valence-corrected chi connectivity index (χ1v) is 9.10. The Morgan fingerprint density at radius 3 is 2.50 bits per heavy atom. The Morgan fingerprint density at radius 1 is 1.04 bits per heavy atom. The molecule has 0 bridgehead atoms. The van der Waals surface area contributed by atoms with Crippen molar-refractivity contribution in [1.82, 2.24) is 9.38 Å². The summed E-state index contributed by atoms with van der Waals surface area (Å²) in [5, 5.41) is 0. The molecule has 0 amide bonds. The molecule has 1 saturated carbocycles. The van der Waals surface area contributed by atoms with Gasteiger partial charge >= 0.3 is 6.18 Å². The van der Waals surface area contributed by atoms with Crippen LogP contribution in [0.4, 0.5) is 13.2 Å². The van der Waals surface area contributed by atoms with Gasteiger partial charge in [-0.3, -0.25) is 0 Å². The average molecular weight is 358 g/mol. The van der Waals surface area contributed by atoms with Crippen molar-refractivity contribution in [2.45, 2.75) is 51.1 Å². The van der Waals surface area contributed by atoms with Gasteiger partial charge in [0.15, 0.2) is 0 Å². The topological polar surface area (TPSA) is 17.3 Å². The SMILES string of the molecule is Cc1ccn2cc(-c3ccccc3C(F)(F)F)nc2c1C1CCCCC1. The van der Waals surface area contributed by atoms with Crippen molar-refractivity contribution in [2.24, 2.45) is 0 Å². The largest absolute Gasteiger partial charge is 0.417 e. The normalized spacial score (nSPS) is 16.3. The Kier molecular flexibility index (Phi) is 4.25. The molecule has 1 aliphatic carbocycles. The lowest BCUT2D eigenvalue weighted by Gasteiger charge is -2.23. The van der Waals surface area contributed by atoms with Crippen molar-refractivity contribution in [1.29, 1.82) is 0 Å². The van der Waals surface area contributed by atoms with Gasteiger partial charge in [-0.1, -0.05) is 37.5 Å². The van der Waals surface area contributed by atoms with E-state index in [0.29, 0.717) is 11.6 Å². The first-order valence-electron chi connectivity index (χ1n) is 9.10. The molecule has 1 fully saturated rings. The minimum absolute atomic E-state index is 0.135. The number of nitrogens with zero attached hydrogens (tertiary/aromatic N) is 2. The highest BCUT2D eigenvalue weighted by molar-refractivity contribution is 5.69. The van der Waals surface area contributed by atoms with Crippen LogP contribution in [0.15, 0.2) is 42.7 Å². The lowest BCUT2D eigenvalue weighted by molar-refractivity contribution is -0.137. The second-order valence-electron chi connectivity index (χ2n) is 7.15. The van der Waals surface area contributed by atoms with Gasteiger partial charge in [-0.2, -0.15) is 13.2 Å². The molecule has 26 heavy (non-hydrogen) atoms. The van der Waals surface area contributed by atoms with E-state index in [1.165, 1.54) is 42.5 Å². The van der Waals surface area contributed by atoms with Crippen LogP contribution < -0.4 is 0 Å². The Morgan fingerprint density at radius 2 is 1.77 bits per heavy atom. The number of fused-ring (bicyclic) bond motifs is 1. The van der Waals surface area contributed by atoms with Crippen molar-refractivity contribution < 1.29 is 13.2 Å². The standard InChI is InChI=1S/C21H21F3N2/c1-14-11-12-26-13-18(16-9-5-6-10-17(16)21(22,23)24)25-20(26)19(14)15-7-3-2-4-8-15/h5-6,9-13,15H,2-4,7-8H2,1H3. The summed E-state index contributed by atoms with van der Waals surface area (Å²) in [6.45, 7) is 2.07. The van der Waals surface area contributed by atoms with E-state index in [0.717, 1.165) is 24.6 Å². The second-order valence-corrected chi connectivity index (χ2v) is 7.15. The third-order valence-corrected chi connectivity index (χ3v) is 5.41. The van der Waals surface area contributed by atoms with Crippen LogP contribution in [0.3, 0.4) is 0 Å². The van der Waals surface area contributed by atoms with Crippen molar-refractivity contribution in [3.05, 3.63) is 59.4 Å². The smallest absolute Gasteiger partial charge is 0.306 e. The molecule has 2 aromatic heterocycles. The highest BCUT2D eigenvalue weighted by Gasteiger charge is 2.34. The molecule has 1 aromatic carbocycles. The third-order valence-electron chi connectivity index (χ3n) is 5.41. The minimum atomic E-state index is -4.39. The van der Waals surface area contributed by atoms with Crippen LogP contribution in [0.1, 0.15) is 54.7 Å². The molecule has 0 N–H and O–H groups in total. The molecular formula is C21H21F3N2. The van der Waals surface area contributed by atoms with Crippen LogP contribution in [-0.4, -0.2) is 9.38 Å². The lowest BCUT2D eigenvalue weighted by atomic mass is 9.83. The van der Waals surface area contributed by atoms with E-state index in [-0.39, 0.29) is 5.56 Å². The van der Waals surface area contributed by atoms with Gasteiger partial charge in [0.1, 0.15) is 5.65 Å². The molecular weight excluding hydrogens is 337 g/mol. The fourth-order valence-corrected chi connectivity index (χ4v) is 4.14. The van der Waals surface area contributed by atoms with Crippen molar-refractivity contribution in [3.63, 3.8) is 0 Å². The van der Waals surface area contributed by atoms with Crippen molar-refractivity contribution in [2.75, 3.05) is 0 Å².